The first-order valence-electron chi connectivity index (χ1n) is 5.57. The fourth-order valence-electron chi connectivity index (χ4n) is 1.55. The van der Waals surface area contributed by atoms with Crippen molar-refractivity contribution < 1.29 is 0 Å². The Balaban J connectivity index is 2.24. The van der Waals surface area contributed by atoms with E-state index >= 15 is 0 Å². The van der Waals surface area contributed by atoms with Crippen molar-refractivity contribution in [2.24, 2.45) is 0 Å². The van der Waals surface area contributed by atoms with Gasteiger partial charge in [-0.2, -0.15) is 0 Å². The van der Waals surface area contributed by atoms with Crippen molar-refractivity contribution in [3.8, 4) is 10.6 Å². The molecule has 0 fully saturated rings. The van der Waals surface area contributed by atoms with Gasteiger partial charge in [0.15, 0.2) is 0 Å². The van der Waals surface area contributed by atoms with Gasteiger partial charge in [-0.25, -0.2) is 4.98 Å². The fraction of sp³-hybridized carbons (Fsp3) is 0.308. The molecule has 90 valence electrons. The van der Waals surface area contributed by atoms with Gasteiger partial charge in [0.1, 0.15) is 10.2 Å². The number of halogens is 1. The molecule has 0 aliphatic carbocycles. The lowest BCUT2D eigenvalue weighted by Crippen LogP contribution is -2.09. The number of benzene rings is 1. The fourth-order valence-corrected chi connectivity index (χ4v) is 2.85. The average molecular weight is 267 g/mol. The van der Waals surface area contributed by atoms with Crippen LogP contribution in [0.2, 0.25) is 5.15 Å². The predicted octanol–water partition coefficient (Wildman–Crippen LogP) is 3.53. The molecule has 1 heterocycles. The molecule has 0 bridgehead atoms. The van der Waals surface area contributed by atoms with Crippen molar-refractivity contribution >= 4 is 22.9 Å². The zero-order valence-electron chi connectivity index (χ0n) is 9.96. The van der Waals surface area contributed by atoms with Gasteiger partial charge in [0, 0.05) is 10.4 Å². The van der Waals surface area contributed by atoms with Crippen LogP contribution in [0.15, 0.2) is 24.3 Å². The molecule has 1 aromatic heterocycles. The van der Waals surface area contributed by atoms with Crippen molar-refractivity contribution in [2.45, 2.75) is 13.3 Å². The maximum atomic E-state index is 6.13. The number of hydrogen-bond acceptors (Lipinski definition) is 3. The monoisotopic (exact) mass is 266 g/mol. The normalized spacial score (nSPS) is 10.8. The van der Waals surface area contributed by atoms with Gasteiger partial charge in [-0.05, 0) is 26.9 Å². The van der Waals surface area contributed by atoms with E-state index in [0.29, 0.717) is 5.15 Å². The summed E-state index contributed by atoms with van der Waals surface area (Å²) in [5.41, 5.74) is 2.39. The standard InChI is InChI=1S/C13H15ClN2S/c1-9-3-5-10(6-4-9)13-16-12(14)11(17-13)7-8-15-2/h3-6,15H,7-8H2,1-2H3. The van der Waals surface area contributed by atoms with Crippen LogP contribution in [0.1, 0.15) is 10.4 Å². The summed E-state index contributed by atoms with van der Waals surface area (Å²) in [6.45, 7) is 3.01. The van der Waals surface area contributed by atoms with Gasteiger partial charge in [-0.1, -0.05) is 41.4 Å². The Hall–Kier alpha value is -0.900. The van der Waals surface area contributed by atoms with Crippen LogP contribution >= 0.6 is 22.9 Å². The summed E-state index contributed by atoms with van der Waals surface area (Å²) in [7, 11) is 1.94. The summed E-state index contributed by atoms with van der Waals surface area (Å²) in [5, 5.41) is 4.76. The smallest absolute Gasteiger partial charge is 0.143 e. The van der Waals surface area contributed by atoms with E-state index in [4.69, 9.17) is 11.6 Å². The highest BCUT2D eigenvalue weighted by Gasteiger charge is 2.10. The Morgan fingerprint density at radius 2 is 2.00 bits per heavy atom. The van der Waals surface area contributed by atoms with E-state index in [2.05, 4.69) is 41.5 Å². The Kier molecular flexibility index (Phi) is 4.15. The molecule has 2 rings (SSSR count). The molecule has 1 N–H and O–H groups in total. The quantitative estimate of drug-likeness (QED) is 0.916. The molecule has 0 atom stereocenters. The highest BCUT2D eigenvalue weighted by molar-refractivity contribution is 7.15. The summed E-state index contributed by atoms with van der Waals surface area (Å²) in [5.74, 6) is 0. The molecule has 0 saturated carbocycles. The average Bonchev–Trinajstić information content (AvgIpc) is 2.69. The third-order valence-corrected chi connectivity index (χ3v) is 4.14. The Morgan fingerprint density at radius 3 is 2.65 bits per heavy atom. The van der Waals surface area contributed by atoms with E-state index in [0.717, 1.165) is 28.4 Å². The number of aryl methyl sites for hydroxylation is 1. The number of hydrogen-bond donors (Lipinski definition) is 1. The van der Waals surface area contributed by atoms with Gasteiger partial charge in [0.05, 0.1) is 0 Å². The third kappa shape index (κ3) is 3.06. The third-order valence-electron chi connectivity index (χ3n) is 2.55. The van der Waals surface area contributed by atoms with Crippen molar-refractivity contribution in [1.82, 2.24) is 10.3 Å². The van der Waals surface area contributed by atoms with Gasteiger partial charge in [0.25, 0.3) is 0 Å². The van der Waals surface area contributed by atoms with Crippen molar-refractivity contribution in [3.63, 3.8) is 0 Å². The summed E-state index contributed by atoms with van der Waals surface area (Å²) < 4.78 is 0. The SMILES string of the molecule is CNCCc1sc(-c2ccc(C)cc2)nc1Cl. The first kappa shape index (κ1) is 12.6. The van der Waals surface area contributed by atoms with Crippen LogP contribution in [-0.4, -0.2) is 18.6 Å². The predicted molar refractivity (Wildman–Crippen MR) is 74.9 cm³/mol. The van der Waals surface area contributed by atoms with E-state index in [1.807, 2.05) is 7.05 Å². The van der Waals surface area contributed by atoms with Gasteiger partial charge in [-0.3, -0.25) is 0 Å². The van der Waals surface area contributed by atoms with Crippen LogP contribution in [-0.2, 0) is 6.42 Å². The molecule has 0 saturated heterocycles. The van der Waals surface area contributed by atoms with E-state index in [-0.39, 0.29) is 0 Å². The van der Waals surface area contributed by atoms with Crippen LogP contribution in [0.25, 0.3) is 10.6 Å². The molecule has 0 aliphatic heterocycles. The van der Waals surface area contributed by atoms with Gasteiger partial charge >= 0.3 is 0 Å². The second kappa shape index (κ2) is 5.63. The summed E-state index contributed by atoms with van der Waals surface area (Å²) in [6, 6.07) is 8.37. The largest absolute Gasteiger partial charge is 0.319 e. The number of nitrogens with zero attached hydrogens (tertiary/aromatic N) is 1. The minimum absolute atomic E-state index is 0.640. The summed E-state index contributed by atoms with van der Waals surface area (Å²) in [4.78, 5) is 5.57. The minimum Gasteiger partial charge on any atom is -0.319 e. The van der Waals surface area contributed by atoms with E-state index in [1.165, 1.54) is 5.56 Å². The van der Waals surface area contributed by atoms with Crippen LogP contribution in [0.3, 0.4) is 0 Å². The zero-order valence-corrected chi connectivity index (χ0v) is 11.5. The lowest BCUT2D eigenvalue weighted by molar-refractivity contribution is 0.798. The molecule has 2 nitrogen and oxygen atoms in total. The molecular formula is C13H15ClN2S. The van der Waals surface area contributed by atoms with Crippen molar-refractivity contribution in [3.05, 3.63) is 39.9 Å². The van der Waals surface area contributed by atoms with Gasteiger partial charge < -0.3 is 5.32 Å². The maximum Gasteiger partial charge on any atom is 0.143 e. The van der Waals surface area contributed by atoms with Gasteiger partial charge in [0.2, 0.25) is 0 Å². The molecule has 0 unspecified atom stereocenters. The first-order chi connectivity index (χ1) is 8.20. The highest BCUT2D eigenvalue weighted by Crippen LogP contribution is 2.31. The molecule has 0 spiro atoms. The number of thiazole rings is 1. The maximum absolute atomic E-state index is 6.13. The summed E-state index contributed by atoms with van der Waals surface area (Å²) >= 11 is 7.81. The van der Waals surface area contributed by atoms with Crippen LogP contribution in [0, 0.1) is 6.92 Å². The molecule has 17 heavy (non-hydrogen) atoms. The van der Waals surface area contributed by atoms with Crippen LogP contribution in [0.5, 0.6) is 0 Å². The highest BCUT2D eigenvalue weighted by atomic mass is 35.5. The number of rotatable bonds is 4. The second-order valence-electron chi connectivity index (χ2n) is 3.95. The number of aromatic nitrogens is 1. The van der Waals surface area contributed by atoms with Crippen molar-refractivity contribution in [1.29, 1.82) is 0 Å². The Morgan fingerprint density at radius 1 is 1.29 bits per heavy atom. The molecule has 2 aromatic rings. The molecule has 0 radical (unpaired) electrons. The van der Waals surface area contributed by atoms with Crippen LogP contribution in [0.4, 0.5) is 0 Å². The van der Waals surface area contributed by atoms with E-state index in [9.17, 15) is 0 Å². The molecule has 0 aliphatic rings. The number of nitrogens with one attached hydrogen (secondary N) is 1. The topological polar surface area (TPSA) is 24.9 Å². The Bertz CT molecular complexity index is 491. The molecule has 0 amide bonds. The minimum atomic E-state index is 0.640. The lowest BCUT2D eigenvalue weighted by atomic mass is 10.2. The van der Waals surface area contributed by atoms with Crippen molar-refractivity contribution in [2.75, 3.05) is 13.6 Å². The first-order valence-corrected chi connectivity index (χ1v) is 6.77. The van der Waals surface area contributed by atoms with Crippen LogP contribution < -0.4 is 5.32 Å². The summed E-state index contributed by atoms with van der Waals surface area (Å²) in [6.07, 6.45) is 0.929. The van der Waals surface area contributed by atoms with E-state index in [1.54, 1.807) is 11.3 Å². The van der Waals surface area contributed by atoms with E-state index < -0.39 is 0 Å². The Labute approximate surface area is 111 Å². The molecule has 4 heteroatoms. The lowest BCUT2D eigenvalue weighted by Gasteiger charge is -1.96. The molecule has 1 aromatic carbocycles. The zero-order chi connectivity index (χ0) is 12.3. The second-order valence-corrected chi connectivity index (χ2v) is 5.39. The van der Waals surface area contributed by atoms with Gasteiger partial charge in [-0.15, -0.1) is 11.3 Å². The number of likely N-dealkylation sites (N-methyl/N-ethyl adjacent to an activating group) is 1. The molecular weight excluding hydrogens is 252 g/mol.